The van der Waals surface area contributed by atoms with Crippen molar-refractivity contribution in [3.8, 4) is 11.3 Å². The molecule has 4 heterocycles. The maximum absolute atomic E-state index is 4.68. The number of rotatable bonds is 4. The minimum Gasteiger partial charge on any atom is -0.366 e. The molecule has 8 heteroatoms. The van der Waals surface area contributed by atoms with Crippen LogP contribution in [0.2, 0.25) is 0 Å². The van der Waals surface area contributed by atoms with Crippen LogP contribution in [0.25, 0.3) is 16.9 Å². The van der Waals surface area contributed by atoms with E-state index in [-0.39, 0.29) is 0 Å². The summed E-state index contributed by atoms with van der Waals surface area (Å²) < 4.78 is 1.78. The minimum absolute atomic E-state index is 0.809. The Hall–Kier alpha value is -2.84. The molecule has 1 aromatic carbocycles. The summed E-state index contributed by atoms with van der Waals surface area (Å²) in [6, 6.07) is 12.4. The van der Waals surface area contributed by atoms with Gasteiger partial charge in [0.25, 0.3) is 0 Å². The molecule has 142 valence electrons. The van der Waals surface area contributed by atoms with Gasteiger partial charge in [-0.15, -0.1) is 21.5 Å². The Kier molecular flexibility index (Phi) is 4.50. The molecule has 4 aromatic rings. The van der Waals surface area contributed by atoms with E-state index in [1.165, 1.54) is 5.69 Å². The molecule has 0 aliphatic carbocycles. The molecule has 3 aromatic heterocycles. The molecule has 1 fully saturated rings. The van der Waals surface area contributed by atoms with Crippen LogP contribution in [-0.2, 0) is 6.54 Å². The lowest BCUT2D eigenvalue weighted by Gasteiger charge is -2.35. The van der Waals surface area contributed by atoms with Gasteiger partial charge >= 0.3 is 0 Å². The molecule has 7 nitrogen and oxygen atoms in total. The molecule has 0 saturated carbocycles. The van der Waals surface area contributed by atoms with Gasteiger partial charge in [-0.1, -0.05) is 30.3 Å². The fraction of sp³-hybridized carbons (Fsp3) is 0.300. The molecule has 1 saturated heterocycles. The van der Waals surface area contributed by atoms with E-state index in [1.54, 1.807) is 22.2 Å². The second-order valence-corrected chi connectivity index (χ2v) is 8.06. The van der Waals surface area contributed by atoms with Gasteiger partial charge in [-0.25, -0.2) is 4.98 Å². The number of nitrogens with zero attached hydrogens (tertiary/aromatic N) is 7. The molecule has 1 aliphatic rings. The molecule has 0 N–H and O–H groups in total. The summed E-state index contributed by atoms with van der Waals surface area (Å²) in [5.41, 5.74) is 5.10. The van der Waals surface area contributed by atoms with Crippen molar-refractivity contribution in [1.29, 1.82) is 0 Å². The Bertz CT molecular complexity index is 1080. The normalized spacial score (nSPS) is 15.4. The van der Waals surface area contributed by atoms with Crippen LogP contribution in [0.3, 0.4) is 0 Å². The van der Waals surface area contributed by atoms with E-state index in [1.807, 2.05) is 18.2 Å². The van der Waals surface area contributed by atoms with Crippen LogP contribution in [0.4, 0.5) is 5.69 Å². The zero-order valence-electron chi connectivity index (χ0n) is 15.7. The third kappa shape index (κ3) is 3.36. The minimum atomic E-state index is 0.809. The predicted octanol–water partition coefficient (Wildman–Crippen LogP) is 2.88. The zero-order chi connectivity index (χ0) is 18.9. The lowest BCUT2D eigenvalue weighted by Crippen LogP contribution is -2.46. The largest absolute Gasteiger partial charge is 0.366 e. The smallest absolute Gasteiger partial charge is 0.200 e. The maximum Gasteiger partial charge on any atom is 0.200 e. The van der Waals surface area contributed by atoms with Crippen molar-refractivity contribution in [1.82, 2.24) is 29.7 Å². The summed E-state index contributed by atoms with van der Waals surface area (Å²) in [6.45, 7) is 6.88. The third-order valence-corrected chi connectivity index (χ3v) is 5.91. The Morgan fingerprint density at radius 1 is 1.07 bits per heavy atom. The first kappa shape index (κ1) is 17.3. The number of aromatic nitrogens is 5. The van der Waals surface area contributed by atoms with Crippen LogP contribution in [0.5, 0.6) is 0 Å². The van der Waals surface area contributed by atoms with Crippen LogP contribution in [0, 0.1) is 6.92 Å². The van der Waals surface area contributed by atoms with Crippen molar-refractivity contribution in [2.45, 2.75) is 13.5 Å². The number of anilines is 1. The number of thiazole rings is 1. The fourth-order valence-corrected chi connectivity index (χ4v) is 4.25. The van der Waals surface area contributed by atoms with E-state index in [0.717, 1.165) is 60.3 Å². The lowest BCUT2D eigenvalue weighted by molar-refractivity contribution is 0.247. The number of fused-ring (bicyclic) bond motifs is 1. The zero-order valence-corrected chi connectivity index (χ0v) is 16.5. The molecule has 0 atom stereocenters. The molecule has 0 amide bonds. The number of aryl methyl sites for hydroxylation is 1. The van der Waals surface area contributed by atoms with Crippen molar-refractivity contribution < 1.29 is 0 Å². The first-order valence-electron chi connectivity index (χ1n) is 9.41. The van der Waals surface area contributed by atoms with Crippen LogP contribution < -0.4 is 4.90 Å². The summed E-state index contributed by atoms with van der Waals surface area (Å²) in [5, 5.41) is 16.4. The van der Waals surface area contributed by atoms with Gasteiger partial charge in [0.2, 0.25) is 5.65 Å². The summed E-state index contributed by atoms with van der Waals surface area (Å²) in [5.74, 6) is 0. The lowest BCUT2D eigenvalue weighted by atomic mass is 10.1. The highest BCUT2D eigenvalue weighted by Crippen LogP contribution is 2.27. The van der Waals surface area contributed by atoms with Gasteiger partial charge in [-0.3, -0.25) is 4.90 Å². The quantitative estimate of drug-likeness (QED) is 0.533. The summed E-state index contributed by atoms with van der Waals surface area (Å²) in [6.07, 6.45) is 1.67. The van der Waals surface area contributed by atoms with E-state index < -0.39 is 0 Å². The molecule has 0 unspecified atom stereocenters. The first-order valence-corrected chi connectivity index (χ1v) is 10.3. The third-order valence-electron chi connectivity index (χ3n) is 5.08. The van der Waals surface area contributed by atoms with Gasteiger partial charge in [-0.2, -0.15) is 9.61 Å². The maximum atomic E-state index is 4.68. The molecule has 28 heavy (non-hydrogen) atoms. The SMILES string of the molecule is Cc1nc(CN2CCN(c3cc(-c4ccccc4)nn4cnnc34)CC2)cs1. The van der Waals surface area contributed by atoms with Crippen molar-refractivity contribution in [3.05, 3.63) is 58.8 Å². The van der Waals surface area contributed by atoms with Crippen molar-refractivity contribution in [2.75, 3.05) is 31.1 Å². The second-order valence-electron chi connectivity index (χ2n) is 7.00. The Morgan fingerprint density at radius 2 is 1.89 bits per heavy atom. The number of benzene rings is 1. The van der Waals surface area contributed by atoms with E-state index in [4.69, 9.17) is 0 Å². The van der Waals surface area contributed by atoms with Crippen molar-refractivity contribution in [3.63, 3.8) is 0 Å². The predicted molar refractivity (Wildman–Crippen MR) is 111 cm³/mol. The average Bonchev–Trinajstić information content (AvgIpc) is 3.37. The summed E-state index contributed by atoms with van der Waals surface area (Å²) in [7, 11) is 0. The van der Waals surface area contributed by atoms with Crippen LogP contribution in [0.15, 0.2) is 48.1 Å². The van der Waals surface area contributed by atoms with Gasteiger partial charge in [0, 0.05) is 43.7 Å². The van der Waals surface area contributed by atoms with Gasteiger partial charge in [0.15, 0.2) is 0 Å². The molecule has 0 spiro atoms. The Morgan fingerprint density at radius 3 is 2.64 bits per heavy atom. The Labute approximate surface area is 167 Å². The van der Waals surface area contributed by atoms with E-state index in [2.05, 4.69) is 60.6 Å². The standard InChI is InChI=1S/C20H21N7S/c1-15-22-17(13-28-15)12-25-7-9-26(10-8-25)19-11-18(16-5-3-2-4-6-16)24-27-14-21-23-20(19)27/h2-6,11,13-14H,7-10,12H2,1H3. The average molecular weight is 392 g/mol. The van der Waals surface area contributed by atoms with Gasteiger partial charge in [0.1, 0.15) is 6.33 Å². The van der Waals surface area contributed by atoms with E-state index in [9.17, 15) is 0 Å². The highest BCUT2D eigenvalue weighted by Gasteiger charge is 2.21. The highest BCUT2D eigenvalue weighted by atomic mass is 32.1. The molecule has 1 aliphatic heterocycles. The van der Waals surface area contributed by atoms with E-state index in [0.29, 0.717) is 0 Å². The summed E-state index contributed by atoms with van der Waals surface area (Å²) >= 11 is 1.72. The van der Waals surface area contributed by atoms with Crippen LogP contribution >= 0.6 is 11.3 Å². The number of piperazine rings is 1. The van der Waals surface area contributed by atoms with Crippen LogP contribution in [-0.4, -0.2) is 55.9 Å². The van der Waals surface area contributed by atoms with Gasteiger partial charge in [0.05, 0.1) is 22.1 Å². The highest BCUT2D eigenvalue weighted by molar-refractivity contribution is 7.09. The first-order chi connectivity index (χ1) is 13.8. The van der Waals surface area contributed by atoms with Gasteiger partial charge < -0.3 is 4.90 Å². The van der Waals surface area contributed by atoms with E-state index >= 15 is 0 Å². The molecule has 0 bridgehead atoms. The molecule has 5 rings (SSSR count). The van der Waals surface area contributed by atoms with Crippen molar-refractivity contribution in [2.24, 2.45) is 0 Å². The van der Waals surface area contributed by atoms with Crippen molar-refractivity contribution >= 4 is 22.7 Å². The fourth-order valence-electron chi connectivity index (χ4n) is 3.65. The molecular formula is C20H21N7S. The van der Waals surface area contributed by atoms with Gasteiger partial charge in [-0.05, 0) is 13.0 Å². The molecule has 0 radical (unpaired) electrons. The topological polar surface area (TPSA) is 62.5 Å². The van der Waals surface area contributed by atoms with Crippen LogP contribution in [0.1, 0.15) is 10.7 Å². The monoisotopic (exact) mass is 391 g/mol. The molecular weight excluding hydrogens is 370 g/mol. The second kappa shape index (κ2) is 7.29. The summed E-state index contributed by atoms with van der Waals surface area (Å²) in [4.78, 5) is 9.45. The Balaban J connectivity index is 1.38. The number of hydrogen-bond acceptors (Lipinski definition) is 7. The number of hydrogen-bond donors (Lipinski definition) is 0.